The van der Waals surface area contributed by atoms with Gasteiger partial charge < -0.3 is 15.4 Å². The molecule has 2 rings (SSSR count). The van der Waals surface area contributed by atoms with Gasteiger partial charge in [0.25, 0.3) is 0 Å². The molecule has 1 fully saturated rings. The molecule has 0 spiro atoms. The molecule has 20 heavy (non-hydrogen) atoms. The van der Waals surface area contributed by atoms with E-state index in [1.165, 1.54) is 12.0 Å². The number of nitrogens with one attached hydrogen (secondary N) is 2. The highest BCUT2D eigenvalue weighted by Gasteiger charge is 2.15. The van der Waals surface area contributed by atoms with Crippen molar-refractivity contribution in [2.45, 2.75) is 31.8 Å². The van der Waals surface area contributed by atoms with Gasteiger partial charge in [0.1, 0.15) is 0 Å². The molecule has 0 saturated carbocycles. The van der Waals surface area contributed by atoms with Gasteiger partial charge in [0.15, 0.2) is 5.96 Å². The van der Waals surface area contributed by atoms with Crippen LogP contribution in [0.25, 0.3) is 0 Å². The molecule has 1 atom stereocenters. The molecule has 0 aliphatic carbocycles. The summed E-state index contributed by atoms with van der Waals surface area (Å²) in [7, 11) is 3.74. The van der Waals surface area contributed by atoms with E-state index in [1.54, 1.807) is 7.05 Å². The van der Waals surface area contributed by atoms with Crippen molar-refractivity contribution in [2.24, 2.45) is 12.0 Å². The van der Waals surface area contributed by atoms with Crippen molar-refractivity contribution < 1.29 is 4.74 Å². The van der Waals surface area contributed by atoms with Crippen molar-refractivity contribution in [2.75, 3.05) is 26.7 Å². The van der Waals surface area contributed by atoms with Crippen LogP contribution in [0, 0.1) is 0 Å². The third kappa shape index (κ3) is 4.85. The second-order valence-corrected chi connectivity index (χ2v) is 5.14. The Morgan fingerprint density at radius 3 is 3.10 bits per heavy atom. The molecule has 1 saturated heterocycles. The molecule has 1 aliphatic heterocycles. The second kappa shape index (κ2) is 7.89. The molecule has 1 aromatic rings. The number of hydrogen-bond acceptors (Lipinski definition) is 3. The first-order chi connectivity index (χ1) is 9.78. The van der Waals surface area contributed by atoms with E-state index in [1.807, 2.05) is 17.9 Å². The van der Waals surface area contributed by atoms with E-state index in [9.17, 15) is 0 Å². The van der Waals surface area contributed by atoms with E-state index >= 15 is 0 Å². The summed E-state index contributed by atoms with van der Waals surface area (Å²) in [6.07, 6.45) is 8.73. The summed E-state index contributed by atoms with van der Waals surface area (Å²) < 4.78 is 7.42. The van der Waals surface area contributed by atoms with Gasteiger partial charge in [0, 0.05) is 40.0 Å². The second-order valence-electron chi connectivity index (χ2n) is 5.14. The normalized spacial score (nSPS) is 19.3. The van der Waals surface area contributed by atoms with Gasteiger partial charge >= 0.3 is 0 Å². The van der Waals surface area contributed by atoms with E-state index < -0.39 is 0 Å². The maximum Gasteiger partial charge on any atom is 0.191 e. The van der Waals surface area contributed by atoms with E-state index in [2.05, 4.69) is 26.9 Å². The minimum absolute atomic E-state index is 0.337. The SMILES string of the molecule is CN=C(NCCCc1cnn(C)c1)NCC1CCCO1. The van der Waals surface area contributed by atoms with Gasteiger partial charge in [-0.25, -0.2) is 0 Å². The van der Waals surface area contributed by atoms with E-state index in [0.717, 1.165) is 44.9 Å². The first-order valence-electron chi connectivity index (χ1n) is 7.31. The molecule has 0 amide bonds. The topological polar surface area (TPSA) is 63.5 Å². The van der Waals surface area contributed by atoms with Gasteiger partial charge in [-0.2, -0.15) is 5.10 Å². The summed E-state index contributed by atoms with van der Waals surface area (Å²) >= 11 is 0. The predicted molar refractivity (Wildman–Crippen MR) is 79.9 cm³/mol. The molecule has 1 unspecified atom stereocenters. The summed E-state index contributed by atoms with van der Waals surface area (Å²) in [6, 6.07) is 0. The van der Waals surface area contributed by atoms with Crippen LogP contribution in [0.4, 0.5) is 0 Å². The van der Waals surface area contributed by atoms with E-state index in [-0.39, 0.29) is 0 Å². The number of guanidine groups is 1. The number of rotatable bonds is 6. The monoisotopic (exact) mass is 279 g/mol. The Kier molecular flexibility index (Phi) is 5.86. The standard InChI is InChI=1S/C14H25N5O/c1-15-14(17-10-13-6-4-8-20-13)16-7-3-5-12-9-18-19(2)11-12/h9,11,13H,3-8,10H2,1-2H3,(H2,15,16,17). The molecule has 112 valence electrons. The molecule has 6 heteroatoms. The van der Waals surface area contributed by atoms with Crippen molar-refractivity contribution in [1.29, 1.82) is 0 Å². The zero-order valence-corrected chi connectivity index (χ0v) is 12.4. The molecule has 2 heterocycles. The summed E-state index contributed by atoms with van der Waals surface area (Å²) in [6.45, 7) is 2.63. The van der Waals surface area contributed by atoms with Crippen LogP contribution in [0.5, 0.6) is 0 Å². The molecule has 2 N–H and O–H groups in total. The van der Waals surface area contributed by atoms with Gasteiger partial charge in [0.05, 0.1) is 12.3 Å². The fourth-order valence-corrected chi connectivity index (χ4v) is 2.34. The average Bonchev–Trinajstić information content (AvgIpc) is 3.09. The summed E-state index contributed by atoms with van der Waals surface area (Å²) in [5.74, 6) is 0.853. The van der Waals surface area contributed by atoms with Crippen molar-refractivity contribution in [1.82, 2.24) is 20.4 Å². The lowest BCUT2D eigenvalue weighted by Crippen LogP contribution is -2.41. The van der Waals surface area contributed by atoms with Crippen molar-refractivity contribution >= 4 is 5.96 Å². The number of aromatic nitrogens is 2. The molecule has 0 radical (unpaired) electrons. The van der Waals surface area contributed by atoms with Crippen LogP contribution in [0.1, 0.15) is 24.8 Å². The Bertz CT molecular complexity index is 423. The van der Waals surface area contributed by atoms with Crippen molar-refractivity contribution in [3.8, 4) is 0 Å². The Morgan fingerprint density at radius 2 is 2.45 bits per heavy atom. The van der Waals surface area contributed by atoms with Crippen LogP contribution >= 0.6 is 0 Å². The third-order valence-electron chi connectivity index (χ3n) is 3.44. The lowest BCUT2D eigenvalue weighted by molar-refractivity contribution is 0.114. The minimum atomic E-state index is 0.337. The van der Waals surface area contributed by atoms with Gasteiger partial charge in [-0.3, -0.25) is 9.67 Å². The van der Waals surface area contributed by atoms with Gasteiger partial charge in [-0.15, -0.1) is 0 Å². The lowest BCUT2D eigenvalue weighted by Gasteiger charge is -2.14. The van der Waals surface area contributed by atoms with Crippen LogP contribution in [0.2, 0.25) is 0 Å². The molecule has 0 aromatic carbocycles. The summed E-state index contributed by atoms with van der Waals surface area (Å²) in [4.78, 5) is 4.22. The zero-order valence-electron chi connectivity index (χ0n) is 12.4. The first kappa shape index (κ1) is 14.8. The van der Waals surface area contributed by atoms with Gasteiger partial charge in [-0.05, 0) is 31.2 Å². The average molecular weight is 279 g/mol. The fourth-order valence-electron chi connectivity index (χ4n) is 2.34. The number of hydrogen-bond donors (Lipinski definition) is 2. The maximum absolute atomic E-state index is 5.58. The Morgan fingerprint density at radius 1 is 1.55 bits per heavy atom. The molecule has 1 aromatic heterocycles. The third-order valence-corrected chi connectivity index (χ3v) is 3.44. The Balaban J connectivity index is 1.58. The summed E-state index contributed by atoms with van der Waals surface area (Å²) in [5.41, 5.74) is 1.27. The molecular formula is C14H25N5O. The van der Waals surface area contributed by atoms with Crippen molar-refractivity contribution in [3.05, 3.63) is 18.0 Å². The minimum Gasteiger partial charge on any atom is -0.376 e. The van der Waals surface area contributed by atoms with Crippen molar-refractivity contribution in [3.63, 3.8) is 0 Å². The van der Waals surface area contributed by atoms with Crippen LogP contribution < -0.4 is 10.6 Å². The highest BCUT2D eigenvalue weighted by molar-refractivity contribution is 5.79. The van der Waals surface area contributed by atoms with Crippen LogP contribution in [-0.4, -0.2) is 48.6 Å². The quantitative estimate of drug-likeness (QED) is 0.457. The van der Waals surface area contributed by atoms with Gasteiger partial charge in [0.2, 0.25) is 0 Å². The predicted octanol–water partition coefficient (Wildman–Crippen LogP) is 0.697. The summed E-state index contributed by atoms with van der Waals surface area (Å²) in [5, 5.41) is 10.8. The molecule has 6 nitrogen and oxygen atoms in total. The Hall–Kier alpha value is -1.56. The van der Waals surface area contributed by atoms with Crippen LogP contribution in [0.15, 0.2) is 17.4 Å². The molecular weight excluding hydrogens is 254 g/mol. The highest BCUT2D eigenvalue weighted by Crippen LogP contribution is 2.10. The van der Waals surface area contributed by atoms with E-state index in [0.29, 0.717) is 6.10 Å². The lowest BCUT2D eigenvalue weighted by atomic mass is 10.2. The maximum atomic E-state index is 5.58. The Labute approximate surface area is 120 Å². The smallest absolute Gasteiger partial charge is 0.191 e. The number of aryl methyl sites for hydroxylation is 2. The zero-order chi connectivity index (χ0) is 14.2. The van der Waals surface area contributed by atoms with Gasteiger partial charge in [-0.1, -0.05) is 0 Å². The number of aliphatic imine (C=N–C) groups is 1. The van der Waals surface area contributed by atoms with Crippen LogP contribution in [-0.2, 0) is 18.2 Å². The van der Waals surface area contributed by atoms with Crippen LogP contribution in [0.3, 0.4) is 0 Å². The fraction of sp³-hybridized carbons (Fsp3) is 0.714. The largest absolute Gasteiger partial charge is 0.376 e. The molecule has 1 aliphatic rings. The molecule has 0 bridgehead atoms. The number of ether oxygens (including phenoxy) is 1. The number of nitrogens with zero attached hydrogens (tertiary/aromatic N) is 3. The highest BCUT2D eigenvalue weighted by atomic mass is 16.5. The first-order valence-corrected chi connectivity index (χ1v) is 7.31. The van der Waals surface area contributed by atoms with E-state index in [4.69, 9.17) is 4.74 Å².